The lowest BCUT2D eigenvalue weighted by Gasteiger charge is -2.11. The van der Waals surface area contributed by atoms with Gasteiger partial charge in [-0.15, -0.1) is 0 Å². The molecule has 1 aromatic rings. The molecule has 1 aliphatic rings. The molecule has 0 aliphatic heterocycles. The Balaban J connectivity index is 1.98. The molecule has 0 radical (unpaired) electrons. The molecule has 2 unspecified atom stereocenters. The summed E-state index contributed by atoms with van der Waals surface area (Å²) >= 11 is 3.22. The topological polar surface area (TPSA) is 52.4 Å². The SMILES string of the molecule is O=[N+]([O-])c1cc(Br)cc(COC2CCC(F)C2)c1. The minimum absolute atomic E-state index is 0.0257. The fourth-order valence-corrected chi connectivity index (χ4v) is 2.60. The quantitative estimate of drug-likeness (QED) is 0.627. The molecule has 0 spiro atoms. The maximum absolute atomic E-state index is 13.0. The van der Waals surface area contributed by atoms with Gasteiger partial charge in [0, 0.05) is 23.0 Å². The van der Waals surface area contributed by atoms with Crippen molar-refractivity contribution in [1.82, 2.24) is 0 Å². The van der Waals surface area contributed by atoms with E-state index in [1.807, 2.05) is 0 Å². The standard InChI is InChI=1S/C12H13BrFNO3/c13-9-3-8(4-11(5-9)15(16)17)7-18-12-2-1-10(14)6-12/h3-5,10,12H,1-2,6-7H2. The number of benzene rings is 1. The highest BCUT2D eigenvalue weighted by molar-refractivity contribution is 9.10. The summed E-state index contributed by atoms with van der Waals surface area (Å²) in [5.74, 6) is 0. The molecule has 1 aliphatic carbocycles. The third-order valence-electron chi connectivity index (χ3n) is 2.96. The van der Waals surface area contributed by atoms with E-state index in [4.69, 9.17) is 4.74 Å². The van der Waals surface area contributed by atoms with Crippen LogP contribution in [-0.2, 0) is 11.3 Å². The number of nitrogens with zero attached hydrogens (tertiary/aromatic N) is 1. The Kier molecular flexibility index (Phi) is 4.29. The van der Waals surface area contributed by atoms with Gasteiger partial charge in [-0.1, -0.05) is 15.9 Å². The number of halogens is 2. The molecule has 2 rings (SSSR count). The van der Waals surface area contributed by atoms with E-state index in [1.54, 1.807) is 6.07 Å². The molecule has 6 heteroatoms. The van der Waals surface area contributed by atoms with E-state index in [0.717, 1.165) is 12.0 Å². The van der Waals surface area contributed by atoms with Gasteiger partial charge < -0.3 is 4.74 Å². The lowest BCUT2D eigenvalue weighted by molar-refractivity contribution is -0.385. The van der Waals surface area contributed by atoms with Gasteiger partial charge in [-0.2, -0.15) is 0 Å². The Morgan fingerprint density at radius 1 is 1.44 bits per heavy atom. The van der Waals surface area contributed by atoms with E-state index in [-0.39, 0.29) is 18.4 Å². The largest absolute Gasteiger partial charge is 0.373 e. The van der Waals surface area contributed by atoms with Crippen LogP contribution in [0.15, 0.2) is 22.7 Å². The van der Waals surface area contributed by atoms with Gasteiger partial charge in [0.25, 0.3) is 5.69 Å². The van der Waals surface area contributed by atoms with Crippen molar-refractivity contribution in [3.63, 3.8) is 0 Å². The fraction of sp³-hybridized carbons (Fsp3) is 0.500. The molecule has 0 heterocycles. The Bertz CT molecular complexity index is 455. The highest BCUT2D eigenvalue weighted by Gasteiger charge is 2.24. The molecule has 1 aromatic carbocycles. The summed E-state index contributed by atoms with van der Waals surface area (Å²) in [6, 6.07) is 4.69. The van der Waals surface area contributed by atoms with Crippen LogP contribution in [0.2, 0.25) is 0 Å². The number of nitro groups is 1. The number of hydrogen-bond donors (Lipinski definition) is 0. The van der Waals surface area contributed by atoms with E-state index in [2.05, 4.69) is 15.9 Å². The predicted molar refractivity (Wildman–Crippen MR) is 68.1 cm³/mol. The highest BCUT2D eigenvalue weighted by Crippen LogP contribution is 2.27. The highest BCUT2D eigenvalue weighted by atomic mass is 79.9. The lowest BCUT2D eigenvalue weighted by atomic mass is 10.2. The average Bonchev–Trinajstić information content (AvgIpc) is 2.72. The molecular formula is C12H13BrFNO3. The van der Waals surface area contributed by atoms with Crippen LogP contribution in [0.4, 0.5) is 10.1 Å². The van der Waals surface area contributed by atoms with E-state index >= 15 is 0 Å². The molecular weight excluding hydrogens is 305 g/mol. The fourth-order valence-electron chi connectivity index (χ4n) is 2.08. The zero-order valence-corrected chi connectivity index (χ0v) is 11.2. The third kappa shape index (κ3) is 3.49. The first-order valence-corrected chi connectivity index (χ1v) is 6.53. The molecule has 0 N–H and O–H groups in total. The summed E-state index contributed by atoms with van der Waals surface area (Å²) in [5, 5.41) is 10.7. The van der Waals surface area contributed by atoms with Crippen molar-refractivity contribution < 1.29 is 14.1 Å². The second-order valence-electron chi connectivity index (χ2n) is 4.42. The van der Waals surface area contributed by atoms with E-state index < -0.39 is 11.1 Å². The first-order chi connectivity index (χ1) is 8.54. The van der Waals surface area contributed by atoms with Crippen molar-refractivity contribution in [2.75, 3.05) is 0 Å². The molecule has 0 saturated heterocycles. The van der Waals surface area contributed by atoms with Gasteiger partial charge in [-0.05, 0) is 24.5 Å². The maximum Gasteiger partial charge on any atom is 0.270 e. The van der Waals surface area contributed by atoms with Crippen molar-refractivity contribution in [3.05, 3.63) is 38.3 Å². The lowest BCUT2D eigenvalue weighted by Crippen LogP contribution is -2.09. The Hall–Kier alpha value is -1.01. The number of non-ortho nitro benzene ring substituents is 1. The van der Waals surface area contributed by atoms with Gasteiger partial charge in [-0.3, -0.25) is 10.1 Å². The summed E-state index contributed by atoms with van der Waals surface area (Å²) in [4.78, 5) is 10.3. The maximum atomic E-state index is 13.0. The Morgan fingerprint density at radius 3 is 2.83 bits per heavy atom. The van der Waals surface area contributed by atoms with E-state index in [0.29, 0.717) is 17.3 Å². The molecule has 4 nitrogen and oxygen atoms in total. The Labute approximate surface area is 112 Å². The minimum Gasteiger partial charge on any atom is -0.373 e. The zero-order valence-electron chi connectivity index (χ0n) is 9.64. The number of hydrogen-bond acceptors (Lipinski definition) is 3. The second-order valence-corrected chi connectivity index (χ2v) is 5.33. The third-order valence-corrected chi connectivity index (χ3v) is 3.42. The molecule has 0 amide bonds. The van der Waals surface area contributed by atoms with Crippen LogP contribution in [0, 0.1) is 10.1 Å². The molecule has 98 valence electrons. The summed E-state index contributed by atoms with van der Waals surface area (Å²) in [7, 11) is 0. The first kappa shape index (κ1) is 13.4. The predicted octanol–water partition coefficient (Wildman–Crippen LogP) is 3.76. The number of rotatable bonds is 4. The van der Waals surface area contributed by atoms with Crippen LogP contribution in [-0.4, -0.2) is 17.2 Å². The van der Waals surface area contributed by atoms with Gasteiger partial charge >= 0.3 is 0 Å². The normalized spacial score (nSPS) is 23.2. The van der Waals surface area contributed by atoms with Crippen molar-refractivity contribution >= 4 is 21.6 Å². The molecule has 0 aromatic heterocycles. The Morgan fingerprint density at radius 2 is 2.22 bits per heavy atom. The average molecular weight is 318 g/mol. The van der Waals surface area contributed by atoms with Crippen molar-refractivity contribution in [2.45, 2.75) is 38.1 Å². The minimum atomic E-state index is -0.771. The van der Waals surface area contributed by atoms with Gasteiger partial charge in [0.2, 0.25) is 0 Å². The van der Waals surface area contributed by atoms with Crippen molar-refractivity contribution in [2.24, 2.45) is 0 Å². The zero-order chi connectivity index (χ0) is 13.1. The summed E-state index contributed by atoms with van der Waals surface area (Å²) in [6.07, 6.45) is 0.848. The van der Waals surface area contributed by atoms with Crippen LogP contribution in [0.1, 0.15) is 24.8 Å². The molecule has 0 bridgehead atoms. The van der Waals surface area contributed by atoms with Gasteiger partial charge in [0.1, 0.15) is 6.17 Å². The molecule has 18 heavy (non-hydrogen) atoms. The monoisotopic (exact) mass is 317 g/mol. The summed E-state index contributed by atoms with van der Waals surface area (Å²) in [6.45, 7) is 0.275. The van der Waals surface area contributed by atoms with Gasteiger partial charge in [0.05, 0.1) is 17.6 Å². The van der Waals surface area contributed by atoms with Crippen molar-refractivity contribution in [1.29, 1.82) is 0 Å². The van der Waals surface area contributed by atoms with Gasteiger partial charge in [0.15, 0.2) is 0 Å². The number of ether oxygens (including phenoxy) is 1. The number of nitro benzene ring substituents is 1. The summed E-state index contributed by atoms with van der Waals surface area (Å²) in [5.41, 5.74) is 0.746. The first-order valence-electron chi connectivity index (χ1n) is 5.74. The number of alkyl halides is 1. The van der Waals surface area contributed by atoms with Crippen LogP contribution < -0.4 is 0 Å². The second kappa shape index (κ2) is 5.75. The van der Waals surface area contributed by atoms with Crippen LogP contribution in [0.5, 0.6) is 0 Å². The van der Waals surface area contributed by atoms with Crippen LogP contribution >= 0.6 is 15.9 Å². The van der Waals surface area contributed by atoms with E-state index in [9.17, 15) is 14.5 Å². The summed E-state index contributed by atoms with van der Waals surface area (Å²) < 4.78 is 19.2. The van der Waals surface area contributed by atoms with E-state index in [1.165, 1.54) is 12.1 Å². The van der Waals surface area contributed by atoms with Crippen molar-refractivity contribution in [3.8, 4) is 0 Å². The molecule has 2 atom stereocenters. The smallest absolute Gasteiger partial charge is 0.270 e. The van der Waals surface area contributed by atoms with Gasteiger partial charge in [-0.25, -0.2) is 4.39 Å². The molecule has 1 fully saturated rings. The van der Waals surface area contributed by atoms with Crippen LogP contribution in [0.3, 0.4) is 0 Å². The molecule has 1 saturated carbocycles. The van der Waals surface area contributed by atoms with Crippen LogP contribution in [0.25, 0.3) is 0 Å².